The quantitative estimate of drug-likeness (QED) is 0.0245. The highest BCUT2D eigenvalue weighted by Crippen LogP contribution is 2.36. The number of hydrogen-bond acceptors (Lipinski definition) is 14. The number of ether oxygens (including phenoxy) is 4. The number of carbonyl (C=O) groups excluding carboxylic acids is 4. The number of alkyl halides is 2. The molecular weight excluding hydrogens is 1060 g/mol. The first-order valence-electron chi connectivity index (χ1n) is 23.7. The van der Waals surface area contributed by atoms with Crippen LogP contribution in [0.25, 0.3) is 22.5 Å². The van der Waals surface area contributed by atoms with Crippen molar-refractivity contribution in [3.8, 4) is 45.5 Å². The number of methoxy groups -OCH3 is 2. The molecule has 4 aromatic carbocycles. The highest BCUT2D eigenvalue weighted by Gasteiger charge is 2.33. The molecule has 22 heteroatoms. The Kier molecular flexibility index (Phi) is 23.3. The van der Waals surface area contributed by atoms with Crippen LogP contribution < -0.4 is 41.9 Å². The van der Waals surface area contributed by atoms with Crippen LogP contribution in [0.15, 0.2) is 109 Å². The zero-order valence-electron chi connectivity index (χ0n) is 43.7. The van der Waals surface area contributed by atoms with Gasteiger partial charge in [-0.15, -0.1) is 24.8 Å². The van der Waals surface area contributed by atoms with E-state index in [1.54, 1.807) is 12.1 Å². The second kappa shape index (κ2) is 27.9. The summed E-state index contributed by atoms with van der Waals surface area (Å²) >= 11 is 0. The molecule has 16 nitrogen and oxygen atoms in total. The van der Waals surface area contributed by atoms with Crippen molar-refractivity contribution in [1.82, 2.24) is 9.97 Å². The standard InChI is InChI=1S/2C28H31F2N3O5.2ClH/c2*1-27(32,16-29)19-13-21(17-4-7-20(30)8-5-17)33-25(14-19)28(2,36)11-10-22(34)18-6-9-23(24(12-18)37-3)38-15-26(31)35;;/h2*4-9,12-14,36H,10-11,15-16,32H2,1-3H3,(H2,31,35);2*1H/t2*27?,28-;;/m10../s1. The molecule has 78 heavy (non-hydrogen) atoms. The molecule has 2 amide bonds. The average molecular weight is 1130 g/mol. The first-order chi connectivity index (χ1) is 35.7. The van der Waals surface area contributed by atoms with Crippen LogP contribution in [0.5, 0.6) is 23.0 Å². The minimum Gasteiger partial charge on any atom is -0.493 e. The third kappa shape index (κ3) is 17.4. The fourth-order valence-electron chi connectivity index (χ4n) is 7.44. The third-order valence-corrected chi connectivity index (χ3v) is 12.3. The molecule has 2 heterocycles. The topological polar surface area (TPSA) is 276 Å². The van der Waals surface area contributed by atoms with E-state index < -0.39 is 59.1 Å². The van der Waals surface area contributed by atoms with Crippen molar-refractivity contribution in [3.05, 3.63) is 154 Å². The molecule has 10 N–H and O–H groups in total. The lowest BCUT2D eigenvalue weighted by atomic mass is 9.87. The summed E-state index contributed by atoms with van der Waals surface area (Å²) in [7, 11) is 2.79. The molecule has 0 aliphatic heterocycles. The molecule has 6 aromatic rings. The van der Waals surface area contributed by atoms with Crippen molar-refractivity contribution in [3.63, 3.8) is 0 Å². The number of benzene rings is 4. The molecular formula is C56H64Cl2F4N6O10. The van der Waals surface area contributed by atoms with Crippen molar-refractivity contribution in [2.24, 2.45) is 22.9 Å². The Morgan fingerprint density at radius 3 is 1.15 bits per heavy atom. The Morgan fingerprint density at radius 2 is 0.859 bits per heavy atom. The van der Waals surface area contributed by atoms with Crippen LogP contribution in [0.3, 0.4) is 0 Å². The molecule has 0 radical (unpaired) electrons. The summed E-state index contributed by atoms with van der Waals surface area (Å²) in [6.45, 7) is 3.64. The maximum Gasteiger partial charge on any atom is 0.255 e. The molecule has 0 bridgehead atoms. The van der Waals surface area contributed by atoms with Gasteiger partial charge in [-0.2, -0.15) is 0 Å². The highest BCUT2D eigenvalue weighted by molar-refractivity contribution is 5.97. The number of pyridine rings is 2. The molecule has 2 unspecified atom stereocenters. The predicted octanol–water partition coefficient (Wildman–Crippen LogP) is 8.39. The number of nitrogens with zero attached hydrogens (tertiary/aromatic N) is 2. The maximum atomic E-state index is 13.7. The number of rotatable bonds is 24. The first kappa shape index (κ1) is 65.1. The molecule has 0 aliphatic rings. The van der Waals surface area contributed by atoms with Crippen LogP contribution in [0.2, 0.25) is 0 Å². The maximum absolute atomic E-state index is 13.7. The van der Waals surface area contributed by atoms with Crippen molar-refractivity contribution in [2.45, 2.75) is 75.7 Å². The number of carbonyl (C=O) groups is 4. The van der Waals surface area contributed by atoms with E-state index in [1.807, 2.05) is 0 Å². The summed E-state index contributed by atoms with van der Waals surface area (Å²) in [6, 6.07) is 26.4. The van der Waals surface area contributed by atoms with E-state index in [4.69, 9.17) is 41.9 Å². The summed E-state index contributed by atoms with van der Waals surface area (Å²) in [6.07, 6.45) is -0.133. The van der Waals surface area contributed by atoms with Crippen LogP contribution in [0.4, 0.5) is 17.6 Å². The molecule has 0 saturated heterocycles. The minimum atomic E-state index is -1.58. The van der Waals surface area contributed by atoms with E-state index in [0.717, 1.165) is 0 Å². The Morgan fingerprint density at radius 1 is 0.526 bits per heavy atom. The Hall–Kier alpha value is -7.20. The van der Waals surface area contributed by atoms with Gasteiger partial charge in [-0.25, -0.2) is 27.5 Å². The normalized spacial score (nSPS) is 13.9. The van der Waals surface area contributed by atoms with Gasteiger partial charge in [0.25, 0.3) is 11.8 Å². The third-order valence-electron chi connectivity index (χ3n) is 12.3. The lowest BCUT2D eigenvalue weighted by molar-refractivity contribution is -0.120. The van der Waals surface area contributed by atoms with Gasteiger partial charge >= 0.3 is 0 Å². The number of Topliss-reactive ketones (excluding diaryl/α,β-unsaturated/α-hetero) is 2. The highest BCUT2D eigenvalue weighted by atomic mass is 35.5. The number of primary amides is 2. The zero-order valence-corrected chi connectivity index (χ0v) is 45.4. The van der Waals surface area contributed by atoms with Gasteiger partial charge in [-0.3, -0.25) is 19.2 Å². The number of aromatic nitrogens is 2. The number of aliphatic hydroxyl groups is 2. The van der Waals surface area contributed by atoms with Gasteiger partial charge in [0.15, 0.2) is 47.8 Å². The van der Waals surface area contributed by atoms with Gasteiger partial charge in [-0.1, -0.05) is 0 Å². The molecule has 4 atom stereocenters. The fourth-order valence-corrected chi connectivity index (χ4v) is 7.44. The van der Waals surface area contributed by atoms with E-state index in [9.17, 15) is 47.0 Å². The van der Waals surface area contributed by atoms with Crippen LogP contribution in [0, 0.1) is 11.6 Å². The second-order valence-corrected chi connectivity index (χ2v) is 19.0. The van der Waals surface area contributed by atoms with Gasteiger partial charge in [0, 0.05) is 35.1 Å². The first-order valence-corrected chi connectivity index (χ1v) is 23.7. The second-order valence-electron chi connectivity index (χ2n) is 19.0. The monoisotopic (exact) mass is 1130 g/mol. The van der Waals surface area contributed by atoms with E-state index in [1.165, 1.54) is 139 Å². The number of halogens is 6. The number of amides is 2. The number of ketones is 2. The lowest BCUT2D eigenvalue weighted by Crippen LogP contribution is -2.36. The van der Waals surface area contributed by atoms with Crippen LogP contribution >= 0.6 is 24.8 Å². The smallest absolute Gasteiger partial charge is 0.255 e. The van der Waals surface area contributed by atoms with E-state index in [-0.39, 0.29) is 110 Å². The van der Waals surface area contributed by atoms with Crippen LogP contribution in [-0.2, 0) is 31.9 Å². The van der Waals surface area contributed by atoms with Crippen molar-refractivity contribution < 1.29 is 65.9 Å². The van der Waals surface area contributed by atoms with Gasteiger partial charge < -0.3 is 52.1 Å². The van der Waals surface area contributed by atoms with E-state index in [2.05, 4.69) is 9.97 Å². The summed E-state index contributed by atoms with van der Waals surface area (Å²) in [5.74, 6) is -1.73. The lowest BCUT2D eigenvalue weighted by Gasteiger charge is -2.27. The van der Waals surface area contributed by atoms with Crippen LogP contribution in [0.1, 0.15) is 96.6 Å². The molecule has 6 rings (SSSR count). The summed E-state index contributed by atoms with van der Waals surface area (Å²) in [4.78, 5) is 57.0. The Bertz CT molecular complexity index is 2840. The zero-order chi connectivity index (χ0) is 56.2. The molecule has 0 saturated carbocycles. The van der Waals surface area contributed by atoms with Crippen molar-refractivity contribution >= 4 is 48.2 Å². The number of nitrogens with two attached hydrogens (primary N) is 4. The molecule has 0 fully saturated rings. The largest absolute Gasteiger partial charge is 0.493 e. The van der Waals surface area contributed by atoms with Crippen LogP contribution in [-0.4, -0.2) is 84.3 Å². The summed E-state index contributed by atoms with van der Waals surface area (Å²) < 4.78 is 75.5. The average Bonchev–Trinajstić information content (AvgIpc) is 3.40. The predicted molar refractivity (Wildman–Crippen MR) is 290 cm³/mol. The Labute approximate surface area is 461 Å². The SMILES string of the molecule is COc1cc(C(=O)CC[C@@](C)(O)c2cc(C(C)(N)CF)cc(-c3ccc(F)cc3)n2)ccc1OCC(N)=O.COc1cc(C(=O)CC[C@](C)(O)c2cc(C(C)(N)CF)cc(-c3ccc(F)cc3)n2)ccc1OCC(N)=O.Cl.Cl. The van der Waals surface area contributed by atoms with Gasteiger partial charge in [-0.05, 0) is 161 Å². The van der Waals surface area contributed by atoms with Crippen molar-refractivity contribution in [1.29, 1.82) is 0 Å². The van der Waals surface area contributed by atoms with E-state index >= 15 is 0 Å². The van der Waals surface area contributed by atoms with Gasteiger partial charge in [0.1, 0.15) is 36.2 Å². The fraction of sp³-hybridized carbons (Fsp3) is 0.321. The van der Waals surface area contributed by atoms with E-state index in [0.29, 0.717) is 44.8 Å². The molecule has 0 spiro atoms. The van der Waals surface area contributed by atoms with Gasteiger partial charge in [0.05, 0.1) is 48.1 Å². The molecule has 2 aromatic heterocycles. The summed E-state index contributed by atoms with van der Waals surface area (Å²) in [5.41, 5.74) is 20.3. The molecule has 420 valence electrons. The number of hydrogen-bond donors (Lipinski definition) is 6. The minimum absolute atomic E-state index is 0. The Balaban J connectivity index is 0.000000400. The summed E-state index contributed by atoms with van der Waals surface area (Å²) in [5, 5.41) is 22.7. The molecule has 0 aliphatic carbocycles. The van der Waals surface area contributed by atoms with Crippen molar-refractivity contribution in [2.75, 3.05) is 40.8 Å². The van der Waals surface area contributed by atoms with Gasteiger partial charge in [0.2, 0.25) is 0 Å².